The fourth-order valence-electron chi connectivity index (χ4n) is 5.44. The number of rotatable bonds is 6. The molecular weight excluding hydrogens is 414 g/mol. The fourth-order valence-corrected chi connectivity index (χ4v) is 5.44. The van der Waals surface area contributed by atoms with Gasteiger partial charge in [-0.2, -0.15) is 0 Å². The molecule has 0 atom stereocenters. The van der Waals surface area contributed by atoms with E-state index in [0.29, 0.717) is 5.52 Å². The highest BCUT2D eigenvalue weighted by molar-refractivity contribution is 5.95. The first-order valence-electron chi connectivity index (χ1n) is 12.2. The Hall–Kier alpha value is -2.57. The second-order valence-electron chi connectivity index (χ2n) is 10.5. The van der Waals surface area contributed by atoms with Crippen molar-refractivity contribution in [2.75, 3.05) is 13.1 Å². The van der Waals surface area contributed by atoms with E-state index in [-0.39, 0.29) is 11.7 Å². The summed E-state index contributed by atoms with van der Waals surface area (Å²) < 4.78 is 8.13. The SMILES string of the molecule is Cn1cc(-c2cc(C(C)(C)O)ccc2OC2CC(CC3CCNCC3)C2)c2cc[nH]c2c1=O. The molecule has 1 aliphatic heterocycles. The monoisotopic (exact) mass is 449 g/mol. The minimum Gasteiger partial charge on any atom is -0.490 e. The van der Waals surface area contributed by atoms with Crippen molar-refractivity contribution in [3.63, 3.8) is 0 Å². The van der Waals surface area contributed by atoms with E-state index in [2.05, 4.69) is 10.3 Å². The normalized spacial score (nSPS) is 21.8. The molecule has 2 aromatic heterocycles. The molecule has 2 aliphatic rings. The summed E-state index contributed by atoms with van der Waals surface area (Å²) in [6.07, 6.45) is 10.00. The Kier molecular flexibility index (Phi) is 5.83. The number of hydrogen-bond acceptors (Lipinski definition) is 4. The van der Waals surface area contributed by atoms with Gasteiger partial charge in [0.15, 0.2) is 0 Å². The Morgan fingerprint density at radius 2 is 1.88 bits per heavy atom. The molecule has 3 N–H and O–H groups in total. The molecule has 0 radical (unpaired) electrons. The number of aliphatic hydroxyl groups is 1. The van der Waals surface area contributed by atoms with Crippen molar-refractivity contribution in [3.05, 3.63) is 52.6 Å². The topological polar surface area (TPSA) is 79.3 Å². The number of ether oxygens (including phenoxy) is 1. The second kappa shape index (κ2) is 8.65. The maximum Gasteiger partial charge on any atom is 0.274 e. The van der Waals surface area contributed by atoms with Gasteiger partial charge in [-0.05, 0) is 94.6 Å². The third kappa shape index (κ3) is 4.46. The van der Waals surface area contributed by atoms with Crippen LogP contribution >= 0.6 is 0 Å². The van der Waals surface area contributed by atoms with Crippen molar-refractivity contribution in [2.24, 2.45) is 18.9 Å². The number of fused-ring (bicyclic) bond motifs is 1. The standard InChI is InChI=1S/C27H35N3O3/c1-27(2,32)19-4-5-24(33-20-13-18(14-20)12-17-6-9-28-10-7-17)22(15-19)23-16-30(3)26(31)25-21(23)8-11-29-25/h4-5,8,11,15-18,20,28-29,32H,6-7,9-10,12-14H2,1-3H3. The lowest BCUT2D eigenvalue weighted by Gasteiger charge is -2.38. The summed E-state index contributed by atoms with van der Waals surface area (Å²) in [5, 5.41) is 15.0. The highest BCUT2D eigenvalue weighted by Gasteiger charge is 2.33. The summed E-state index contributed by atoms with van der Waals surface area (Å²) in [7, 11) is 1.77. The summed E-state index contributed by atoms with van der Waals surface area (Å²) in [5.41, 5.74) is 2.22. The number of benzene rings is 1. The first-order valence-corrected chi connectivity index (χ1v) is 12.2. The second-order valence-corrected chi connectivity index (χ2v) is 10.5. The van der Waals surface area contributed by atoms with E-state index < -0.39 is 5.60 Å². The molecular formula is C27H35N3O3. The van der Waals surface area contributed by atoms with E-state index in [1.165, 1.54) is 19.3 Å². The van der Waals surface area contributed by atoms with Crippen LogP contribution in [0.25, 0.3) is 22.0 Å². The molecule has 2 fully saturated rings. The molecule has 1 aromatic carbocycles. The number of hydrogen-bond donors (Lipinski definition) is 3. The zero-order valence-electron chi connectivity index (χ0n) is 19.9. The Morgan fingerprint density at radius 3 is 2.61 bits per heavy atom. The van der Waals surface area contributed by atoms with Crippen LogP contribution in [0.3, 0.4) is 0 Å². The van der Waals surface area contributed by atoms with Crippen LogP contribution in [0.15, 0.2) is 41.5 Å². The highest BCUT2D eigenvalue weighted by Crippen LogP contribution is 2.42. The van der Waals surface area contributed by atoms with Crippen LogP contribution in [0.2, 0.25) is 0 Å². The Bertz CT molecular complexity index is 1190. The van der Waals surface area contributed by atoms with Gasteiger partial charge in [-0.3, -0.25) is 4.79 Å². The number of H-pyrrole nitrogens is 1. The van der Waals surface area contributed by atoms with Crippen molar-refractivity contribution < 1.29 is 9.84 Å². The molecule has 33 heavy (non-hydrogen) atoms. The van der Waals surface area contributed by atoms with Gasteiger partial charge in [0.2, 0.25) is 0 Å². The van der Waals surface area contributed by atoms with Gasteiger partial charge in [-0.25, -0.2) is 0 Å². The zero-order chi connectivity index (χ0) is 23.2. The third-order valence-electron chi connectivity index (χ3n) is 7.48. The van der Waals surface area contributed by atoms with Crippen LogP contribution in [0, 0.1) is 11.8 Å². The molecule has 1 aliphatic carbocycles. The summed E-state index contributed by atoms with van der Waals surface area (Å²) in [6, 6.07) is 7.87. The van der Waals surface area contributed by atoms with Gasteiger partial charge < -0.3 is 24.7 Å². The van der Waals surface area contributed by atoms with Gasteiger partial charge in [-0.15, -0.1) is 0 Å². The average molecular weight is 450 g/mol. The number of nitrogens with one attached hydrogen (secondary N) is 2. The predicted octanol–water partition coefficient (Wildman–Crippen LogP) is 4.31. The highest BCUT2D eigenvalue weighted by atomic mass is 16.5. The number of aromatic amines is 1. The Morgan fingerprint density at radius 1 is 1.12 bits per heavy atom. The van der Waals surface area contributed by atoms with Gasteiger partial charge in [0.1, 0.15) is 11.3 Å². The Balaban J connectivity index is 1.43. The van der Waals surface area contributed by atoms with Crippen LogP contribution in [0.1, 0.15) is 51.5 Å². The summed E-state index contributed by atoms with van der Waals surface area (Å²) in [5.74, 6) is 2.42. The van der Waals surface area contributed by atoms with Crippen molar-refractivity contribution in [1.29, 1.82) is 0 Å². The molecule has 0 unspecified atom stereocenters. The minimum absolute atomic E-state index is 0.0559. The lowest BCUT2D eigenvalue weighted by atomic mass is 9.75. The van der Waals surface area contributed by atoms with E-state index in [1.807, 2.05) is 30.5 Å². The first kappa shape index (κ1) is 22.2. The van der Waals surface area contributed by atoms with Gasteiger partial charge in [0.05, 0.1) is 11.7 Å². The number of pyridine rings is 1. The fraction of sp³-hybridized carbons (Fsp3) is 0.519. The molecule has 0 amide bonds. The molecule has 3 aromatic rings. The van der Waals surface area contributed by atoms with E-state index >= 15 is 0 Å². The molecule has 5 rings (SSSR count). The van der Waals surface area contributed by atoms with Crippen molar-refractivity contribution in [1.82, 2.24) is 14.9 Å². The van der Waals surface area contributed by atoms with Crippen molar-refractivity contribution in [3.8, 4) is 16.9 Å². The van der Waals surface area contributed by atoms with Gasteiger partial charge in [0.25, 0.3) is 5.56 Å². The van der Waals surface area contributed by atoms with Crippen molar-refractivity contribution >= 4 is 10.9 Å². The predicted molar refractivity (Wildman–Crippen MR) is 132 cm³/mol. The number of piperidine rings is 1. The Labute approximate surface area is 195 Å². The number of aryl methyl sites for hydroxylation is 1. The first-order chi connectivity index (χ1) is 15.8. The lowest BCUT2D eigenvalue weighted by Crippen LogP contribution is -2.37. The molecule has 6 nitrogen and oxygen atoms in total. The minimum atomic E-state index is -0.971. The smallest absolute Gasteiger partial charge is 0.274 e. The number of nitrogens with zero attached hydrogens (tertiary/aromatic N) is 1. The molecule has 0 spiro atoms. The molecule has 3 heterocycles. The molecule has 1 saturated heterocycles. The van der Waals surface area contributed by atoms with Gasteiger partial charge in [-0.1, -0.05) is 6.07 Å². The van der Waals surface area contributed by atoms with Crippen molar-refractivity contribution in [2.45, 2.75) is 57.7 Å². The van der Waals surface area contributed by atoms with Crippen LogP contribution in [-0.4, -0.2) is 33.9 Å². The van der Waals surface area contributed by atoms with Crippen LogP contribution < -0.4 is 15.6 Å². The maximum absolute atomic E-state index is 12.6. The quantitative estimate of drug-likeness (QED) is 0.524. The summed E-state index contributed by atoms with van der Waals surface area (Å²) in [6.45, 7) is 5.88. The van der Waals surface area contributed by atoms with Gasteiger partial charge in [0, 0.05) is 36.0 Å². The van der Waals surface area contributed by atoms with Crippen LogP contribution in [-0.2, 0) is 12.6 Å². The third-order valence-corrected chi connectivity index (χ3v) is 7.48. The van der Waals surface area contributed by atoms with E-state index in [9.17, 15) is 9.90 Å². The average Bonchev–Trinajstić information content (AvgIpc) is 3.25. The van der Waals surface area contributed by atoms with Crippen LogP contribution in [0.5, 0.6) is 5.75 Å². The molecule has 0 bridgehead atoms. The maximum atomic E-state index is 12.6. The number of aromatic nitrogens is 2. The van der Waals surface area contributed by atoms with E-state index in [0.717, 1.165) is 65.6 Å². The zero-order valence-corrected chi connectivity index (χ0v) is 19.9. The molecule has 1 saturated carbocycles. The van der Waals surface area contributed by atoms with E-state index in [1.54, 1.807) is 31.7 Å². The van der Waals surface area contributed by atoms with E-state index in [4.69, 9.17) is 4.74 Å². The molecule has 6 heteroatoms. The van der Waals surface area contributed by atoms with Crippen LogP contribution in [0.4, 0.5) is 0 Å². The molecule has 176 valence electrons. The lowest BCUT2D eigenvalue weighted by molar-refractivity contribution is 0.0492. The van der Waals surface area contributed by atoms with Gasteiger partial charge >= 0.3 is 0 Å². The summed E-state index contributed by atoms with van der Waals surface area (Å²) >= 11 is 0. The largest absolute Gasteiger partial charge is 0.490 e. The summed E-state index contributed by atoms with van der Waals surface area (Å²) in [4.78, 5) is 15.7.